The van der Waals surface area contributed by atoms with Crippen molar-refractivity contribution in [2.75, 3.05) is 40.4 Å². The maximum atomic E-state index is 13.0. The molecule has 1 aromatic heterocycles. The van der Waals surface area contributed by atoms with E-state index in [-0.39, 0.29) is 17.3 Å². The molecule has 11 heteroatoms. The number of ether oxygens (including phenoxy) is 2. The number of methoxy groups -OCH3 is 2. The van der Waals surface area contributed by atoms with E-state index in [4.69, 9.17) is 14.0 Å². The number of rotatable bonds is 6. The fraction of sp³-hybridized carbons (Fsp3) is 0.348. The molecule has 0 radical (unpaired) electrons. The van der Waals surface area contributed by atoms with Crippen LogP contribution in [0.5, 0.6) is 11.5 Å². The average Bonchev–Trinajstić information content (AvgIpc) is 3.31. The minimum Gasteiger partial charge on any atom is -0.497 e. The number of carbonyl (C=O) groups excluding carboxylic acids is 1. The molecule has 0 N–H and O–H groups in total. The summed E-state index contributed by atoms with van der Waals surface area (Å²) >= 11 is 0. The minimum absolute atomic E-state index is 0.0973. The number of halogens is 3. The Labute approximate surface area is 193 Å². The van der Waals surface area contributed by atoms with Crippen molar-refractivity contribution in [1.29, 1.82) is 0 Å². The van der Waals surface area contributed by atoms with Crippen molar-refractivity contribution >= 4 is 5.91 Å². The minimum atomic E-state index is -4.45. The lowest BCUT2D eigenvalue weighted by atomic mass is 10.1. The summed E-state index contributed by atoms with van der Waals surface area (Å²) in [5.74, 6) is 1.28. The van der Waals surface area contributed by atoms with E-state index in [1.54, 1.807) is 23.1 Å². The molecule has 0 aliphatic carbocycles. The molecule has 0 atom stereocenters. The summed E-state index contributed by atoms with van der Waals surface area (Å²) in [6, 6.07) is 9.87. The molecule has 0 bridgehead atoms. The third-order valence-corrected chi connectivity index (χ3v) is 5.57. The molecule has 34 heavy (non-hydrogen) atoms. The maximum absolute atomic E-state index is 13.0. The predicted octanol–water partition coefficient (Wildman–Crippen LogP) is 3.73. The van der Waals surface area contributed by atoms with Gasteiger partial charge in [0.25, 0.3) is 5.91 Å². The lowest BCUT2D eigenvalue weighted by Crippen LogP contribution is -2.48. The lowest BCUT2D eigenvalue weighted by molar-refractivity contribution is -0.137. The smallest absolute Gasteiger partial charge is 0.416 e. The molecular weight excluding hydrogens is 453 g/mol. The molecule has 1 saturated heterocycles. The van der Waals surface area contributed by atoms with E-state index < -0.39 is 11.7 Å². The van der Waals surface area contributed by atoms with Crippen molar-refractivity contribution in [3.63, 3.8) is 0 Å². The highest BCUT2D eigenvalue weighted by molar-refractivity contribution is 5.97. The molecule has 8 nitrogen and oxygen atoms in total. The van der Waals surface area contributed by atoms with Crippen LogP contribution in [0.2, 0.25) is 0 Å². The topological polar surface area (TPSA) is 80.9 Å². The average molecular weight is 476 g/mol. The number of carbonyl (C=O) groups is 1. The van der Waals surface area contributed by atoms with Gasteiger partial charge in [0.2, 0.25) is 11.7 Å². The van der Waals surface area contributed by atoms with Gasteiger partial charge in [-0.2, -0.15) is 18.2 Å². The van der Waals surface area contributed by atoms with Crippen LogP contribution in [-0.4, -0.2) is 66.2 Å². The van der Waals surface area contributed by atoms with Crippen molar-refractivity contribution < 1.29 is 32.0 Å². The van der Waals surface area contributed by atoms with Crippen LogP contribution in [0.25, 0.3) is 11.4 Å². The third-order valence-electron chi connectivity index (χ3n) is 5.57. The summed E-state index contributed by atoms with van der Waals surface area (Å²) in [6.45, 7) is 2.43. The molecule has 1 amide bonds. The fourth-order valence-electron chi connectivity index (χ4n) is 3.72. The van der Waals surface area contributed by atoms with Crippen molar-refractivity contribution in [3.05, 3.63) is 59.5 Å². The number of alkyl halides is 3. The van der Waals surface area contributed by atoms with Gasteiger partial charge < -0.3 is 18.9 Å². The second-order valence-electron chi connectivity index (χ2n) is 7.72. The first-order chi connectivity index (χ1) is 16.3. The molecular formula is C23H23F3N4O4. The lowest BCUT2D eigenvalue weighted by Gasteiger charge is -2.34. The van der Waals surface area contributed by atoms with Crippen LogP contribution >= 0.6 is 0 Å². The van der Waals surface area contributed by atoms with Crippen LogP contribution in [0.3, 0.4) is 0 Å². The zero-order valence-electron chi connectivity index (χ0n) is 18.6. The van der Waals surface area contributed by atoms with Gasteiger partial charge in [0.15, 0.2) is 0 Å². The standard InChI is InChI=1S/C23H23F3N4O4/c1-32-17-6-7-19(33-2)18(13-17)22(31)30-10-8-29(9-11-30)14-20-27-21(28-34-20)15-4-3-5-16(12-15)23(24,25)26/h3-7,12-13H,8-11,14H2,1-2H3. The molecule has 1 aliphatic heterocycles. The van der Waals surface area contributed by atoms with Crippen LogP contribution in [0, 0.1) is 0 Å². The summed E-state index contributed by atoms with van der Waals surface area (Å²) in [6.07, 6.45) is -4.45. The van der Waals surface area contributed by atoms with Gasteiger partial charge in [-0.15, -0.1) is 0 Å². The van der Waals surface area contributed by atoms with Gasteiger partial charge in [-0.25, -0.2) is 0 Å². The van der Waals surface area contributed by atoms with Gasteiger partial charge >= 0.3 is 6.18 Å². The Kier molecular flexibility index (Phi) is 6.73. The van der Waals surface area contributed by atoms with E-state index in [1.807, 2.05) is 4.90 Å². The fourth-order valence-corrected chi connectivity index (χ4v) is 3.72. The first-order valence-electron chi connectivity index (χ1n) is 10.5. The Hall–Kier alpha value is -3.60. The Balaban J connectivity index is 1.37. The van der Waals surface area contributed by atoms with Gasteiger partial charge in [-0.05, 0) is 30.3 Å². The molecule has 4 rings (SSSR count). The molecule has 0 spiro atoms. The summed E-state index contributed by atoms with van der Waals surface area (Å²) in [4.78, 5) is 21.0. The maximum Gasteiger partial charge on any atom is 0.416 e. The zero-order valence-corrected chi connectivity index (χ0v) is 18.6. The zero-order chi connectivity index (χ0) is 24.3. The molecule has 1 fully saturated rings. The Morgan fingerprint density at radius 2 is 1.82 bits per heavy atom. The van der Waals surface area contributed by atoms with Crippen LogP contribution < -0.4 is 9.47 Å². The van der Waals surface area contributed by atoms with Crippen LogP contribution in [-0.2, 0) is 12.7 Å². The van der Waals surface area contributed by atoms with E-state index in [0.717, 1.165) is 12.1 Å². The van der Waals surface area contributed by atoms with Gasteiger partial charge in [-0.1, -0.05) is 17.3 Å². The van der Waals surface area contributed by atoms with Gasteiger partial charge in [-0.3, -0.25) is 9.69 Å². The number of benzene rings is 2. The number of aromatic nitrogens is 2. The Bertz CT molecular complexity index is 1160. The molecule has 2 aromatic carbocycles. The van der Waals surface area contributed by atoms with E-state index in [2.05, 4.69) is 10.1 Å². The Morgan fingerprint density at radius 1 is 1.06 bits per heavy atom. The molecule has 1 aliphatic rings. The molecule has 0 unspecified atom stereocenters. The SMILES string of the molecule is COc1ccc(OC)c(C(=O)N2CCN(Cc3nc(-c4cccc(C(F)(F)F)c4)no3)CC2)c1. The summed E-state index contributed by atoms with van der Waals surface area (Å²) in [7, 11) is 3.04. The van der Waals surface area contributed by atoms with Crippen molar-refractivity contribution in [3.8, 4) is 22.9 Å². The highest BCUT2D eigenvalue weighted by atomic mass is 19.4. The molecule has 2 heterocycles. The highest BCUT2D eigenvalue weighted by Gasteiger charge is 2.31. The quantitative estimate of drug-likeness (QED) is 0.536. The molecule has 3 aromatic rings. The van der Waals surface area contributed by atoms with Gasteiger partial charge in [0.1, 0.15) is 11.5 Å². The second-order valence-corrected chi connectivity index (χ2v) is 7.72. The largest absolute Gasteiger partial charge is 0.497 e. The van der Waals surface area contributed by atoms with Crippen LogP contribution in [0.1, 0.15) is 21.8 Å². The number of piperazine rings is 1. The number of hydrogen-bond donors (Lipinski definition) is 0. The highest BCUT2D eigenvalue weighted by Crippen LogP contribution is 2.31. The van der Waals surface area contributed by atoms with E-state index in [0.29, 0.717) is 55.7 Å². The summed E-state index contributed by atoms with van der Waals surface area (Å²) in [5, 5.41) is 3.82. The predicted molar refractivity (Wildman–Crippen MR) is 115 cm³/mol. The van der Waals surface area contributed by atoms with Crippen LogP contribution in [0.15, 0.2) is 47.0 Å². The first-order valence-corrected chi connectivity index (χ1v) is 10.5. The number of hydrogen-bond acceptors (Lipinski definition) is 7. The monoisotopic (exact) mass is 476 g/mol. The number of nitrogens with zero attached hydrogens (tertiary/aromatic N) is 4. The third kappa shape index (κ3) is 5.14. The summed E-state index contributed by atoms with van der Waals surface area (Å²) in [5.41, 5.74) is -0.116. The van der Waals surface area contributed by atoms with Crippen LogP contribution in [0.4, 0.5) is 13.2 Å². The second kappa shape index (κ2) is 9.72. The van der Waals surface area contributed by atoms with Crippen molar-refractivity contribution in [2.24, 2.45) is 0 Å². The first kappa shape index (κ1) is 23.6. The number of amides is 1. The normalized spacial score (nSPS) is 14.8. The molecule has 180 valence electrons. The Morgan fingerprint density at radius 3 is 2.50 bits per heavy atom. The van der Waals surface area contributed by atoms with Crippen molar-refractivity contribution in [2.45, 2.75) is 12.7 Å². The van der Waals surface area contributed by atoms with Gasteiger partial charge in [0, 0.05) is 31.7 Å². The molecule has 0 saturated carbocycles. The van der Waals surface area contributed by atoms with E-state index in [9.17, 15) is 18.0 Å². The van der Waals surface area contributed by atoms with Gasteiger partial charge in [0.05, 0.1) is 31.9 Å². The summed E-state index contributed by atoms with van der Waals surface area (Å²) < 4.78 is 54.7. The van der Waals surface area contributed by atoms with Crippen molar-refractivity contribution in [1.82, 2.24) is 19.9 Å². The van der Waals surface area contributed by atoms with E-state index >= 15 is 0 Å². The van der Waals surface area contributed by atoms with E-state index in [1.165, 1.54) is 26.4 Å².